The van der Waals surface area contributed by atoms with Crippen LogP contribution in [0.2, 0.25) is 5.02 Å². The second-order valence-electron chi connectivity index (χ2n) is 9.07. The van der Waals surface area contributed by atoms with Crippen molar-refractivity contribution in [3.63, 3.8) is 0 Å². The number of hydrogen-bond donors (Lipinski definition) is 2. The minimum absolute atomic E-state index is 0. The van der Waals surface area contributed by atoms with Crippen LogP contribution in [0.4, 0.5) is 5.69 Å². The molecule has 0 aliphatic heterocycles. The summed E-state index contributed by atoms with van der Waals surface area (Å²) in [5, 5.41) is 6.77. The fourth-order valence-electron chi connectivity index (χ4n) is 4.36. The van der Waals surface area contributed by atoms with Gasteiger partial charge in [-0.2, -0.15) is 0 Å². The lowest BCUT2D eigenvalue weighted by Crippen LogP contribution is -2.16. The lowest BCUT2D eigenvalue weighted by Gasteiger charge is -2.16. The Morgan fingerprint density at radius 1 is 0.780 bits per heavy atom. The van der Waals surface area contributed by atoms with E-state index in [4.69, 9.17) is 31.5 Å². The number of esters is 1. The molecule has 0 radical (unpaired) electrons. The number of anilines is 1. The average Bonchev–Trinajstić information content (AvgIpc) is 2.97. The summed E-state index contributed by atoms with van der Waals surface area (Å²) in [5.74, 6) is -0.204. The Balaban J connectivity index is 0.00000387. The maximum atomic E-state index is 13.5. The van der Waals surface area contributed by atoms with Crippen molar-refractivity contribution < 1.29 is 23.8 Å². The Morgan fingerprint density at radius 2 is 1.37 bits per heavy atom. The number of ether oxygens (including phenoxy) is 3. The smallest absolute Gasteiger partial charge is 0.347 e. The van der Waals surface area contributed by atoms with Crippen LogP contribution < -0.4 is 25.3 Å². The summed E-state index contributed by atoms with van der Waals surface area (Å²) >= 11 is 6.25. The van der Waals surface area contributed by atoms with Crippen molar-refractivity contribution >= 4 is 63.1 Å². The lowest BCUT2D eigenvalue weighted by atomic mass is 10.1. The van der Waals surface area contributed by atoms with E-state index in [1.54, 1.807) is 36.4 Å². The Hall–Kier alpha value is -4.30. The lowest BCUT2D eigenvalue weighted by molar-refractivity contribution is 0.0730. The van der Waals surface area contributed by atoms with Crippen LogP contribution in [0, 0.1) is 0 Å². The topological polar surface area (TPSA) is 99.9 Å². The van der Waals surface area contributed by atoms with Crippen LogP contribution in [0.1, 0.15) is 27.1 Å². The molecular formula is C32H28Cl2N2O5. The van der Waals surface area contributed by atoms with Crippen LogP contribution in [0.15, 0.2) is 91.0 Å². The SMILES string of the molecule is COc1cc2ccccc2cc1C(=O)Nc1ccc(Cl)cc1OC(=O)c1cc2ccccc2cc1OCCCN.Cl. The highest BCUT2D eigenvalue weighted by Crippen LogP contribution is 2.33. The van der Waals surface area contributed by atoms with Gasteiger partial charge in [0.2, 0.25) is 0 Å². The highest BCUT2D eigenvalue weighted by atomic mass is 35.5. The third-order valence-electron chi connectivity index (χ3n) is 6.38. The molecular weight excluding hydrogens is 563 g/mol. The number of methoxy groups -OCH3 is 1. The van der Waals surface area contributed by atoms with Crippen LogP contribution in [0.25, 0.3) is 21.5 Å². The fraction of sp³-hybridized carbons (Fsp3) is 0.125. The Kier molecular flexibility index (Phi) is 9.68. The zero-order valence-corrected chi connectivity index (χ0v) is 23.8. The zero-order chi connectivity index (χ0) is 28.1. The molecule has 1 amide bonds. The minimum Gasteiger partial charge on any atom is -0.496 e. The quantitative estimate of drug-likeness (QED) is 0.106. The first-order valence-electron chi connectivity index (χ1n) is 12.7. The first-order valence-corrected chi connectivity index (χ1v) is 13.1. The van der Waals surface area contributed by atoms with Crippen molar-refractivity contribution in [2.24, 2.45) is 5.73 Å². The number of carbonyl (C=O) groups excluding carboxylic acids is 2. The highest BCUT2D eigenvalue weighted by Gasteiger charge is 2.21. The molecule has 0 atom stereocenters. The molecule has 5 aromatic rings. The third kappa shape index (κ3) is 6.72. The van der Waals surface area contributed by atoms with Crippen LogP contribution in [0.5, 0.6) is 17.2 Å². The maximum absolute atomic E-state index is 13.5. The predicted molar refractivity (Wildman–Crippen MR) is 165 cm³/mol. The van der Waals surface area contributed by atoms with Gasteiger partial charge in [-0.1, -0.05) is 60.1 Å². The van der Waals surface area contributed by atoms with E-state index in [0.717, 1.165) is 21.5 Å². The summed E-state index contributed by atoms with van der Waals surface area (Å²) in [4.78, 5) is 26.9. The molecule has 0 aliphatic rings. The second kappa shape index (κ2) is 13.4. The van der Waals surface area contributed by atoms with Crippen molar-refractivity contribution in [3.8, 4) is 17.2 Å². The number of nitrogens with one attached hydrogen (secondary N) is 1. The van der Waals surface area contributed by atoms with Gasteiger partial charge in [-0.25, -0.2) is 4.79 Å². The first kappa shape index (κ1) is 29.7. The van der Waals surface area contributed by atoms with Crippen molar-refractivity contribution in [2.45, 2.75) is 6.42 Å². The van der Waals surface area contributed by atoms with Crippen LogP contribution in [0.3, 0.4) is 0 Å². The summed E-state index contributed by atoms with van der Waals surface area (Å²) in [7, 11) is 1.51. The molecule has 41 heavy (non-hydrogen) atoms. The maximum Gasteiger partial charge on any atom is 0.347 e. The molecule has 0 heterocycles. The van der Waals surface area contributed by atoms with E-state index < -0.39 is 11.9 Å². The second-order valence-corrected chi connectivity index (χ2v) is 9.51. The molecule has 0 bridgehead atoms. The molecule has 0 fully saturated rings. The molecule has 0 unspecified atom stereocenters. The summed E-state index contributed by atoms with van der Waals surface area (Å²) < 4.78 is 17.2. The highest BCUT2D eigenvalue weighted by molar-refractivity contribution is 6.31. The zero-order valence-electron chi connectivity index (χ0n) is 22.2. The van der Waals surface area contributed by atoms with Crippen LogP contribution >= 0.6 is 24.0 Å². The monoisotopic (exact) mass is 590 g/mol. The number of fused-ring (bicyclic) bond motifs is 2. The summed E-state index contributed by atoms with van der Waals surface area (Å²) in [6, 6.07) is 27.0. The molecule has 5 aromatic carbocycles. The fourth-order valence-corrected chi connectivity index (χ4v) is 4.52. The van der Waals surface area contributed by atoms with E-state index >= 15 is 0 Å². The number of nitrogens with two attached hydrogens (primary N) is 1. The van der Waals surface area contributed by atoms with Gasteiger partial charge in [-0.05, 0) is 70.9 Å². The van der Waals surface area contributed by atoms with Gasteiger partial charge in [0.15, 0.2) is 5.75 Å². The van der Waals surface area contributed by atoms with Crippen LogP contribution in [-0.2, 0) is 0 Å². The molecule has 0 saturated heterocycles. The van der Waals surface area contributed by atoms with Crippen molar-refractivity contribution in [1.29, 1.82) is 0 Å². The van der Waals surface area contributed by atoms with Gasteiger partial charge in [-0.3, -0.25) is 4.79 Å². The third-order valence-corrected chi connectivity index (χ3v) is 6.62. The van der Waals surface area contributed by atoms with Gasteiger partial charge in [0, 0.05) is 11.1 Å². The molecule has 5 rings (SSSR count). The van der Waals surface area contributed by atoms with E-state index in [0.29, 0.717) is 41.7 Å². The molecule has 9 heteroatoms. The largest absolute Gasteiger partial charge is 0.496 e. The van der Waals surface area contributed by atoms with Crippen molar-refractivity contribution in [1.82, 2.24) is 0 Å². The van der Waals surface area contributed by atoms with E-state index in [2.05, 4.69) is 5.32 Å². The van der Waals surface area contributed by atoms with E-state index in [1.165, 1.54) is 13.2 Å². The Labute approximate surface area is 248 Å². The standard InChI is InChI=1S/C32H27ClN2O5.ClH/c1-38-28-17-22-9-4-2-7-20(22)15-25(28)31(36)35-27-12-11-24(33)19-30(27)40-32(37)26-16-21-8-3-5-10-23(21)18-29(26)39-14-6-13-34;/h2-5,7-12,15-19H,6,13-14,34H2,1H3,(H,35,36);1H. The van der Waals surface area contributed by atoms with Gasteiger partial charge in [0.05, 0.1) is 25.0 Å². The molecule has 210 valence electrons. The number of carbonyl (C=O) groups is 2. The number of halogens is 2. The first-order chi connectivity index (χ1) is 19.5. The Bertz CT molecular complexity index is 1720. The van der Waals surface area contributed by atoms with E-state index in [9.17, 15) is 9.59 Å². The van der Waals surface area contributed by atoms with E-state index in [-0.39, 0.29) is 29.4 Å². The van der Waals surface area contributed by atoms with Crippen LogP contribution in [-0.4, -0.2) is 32.1 Å². The predicted octanol–water partition coefficient (Wildman–Crippen LogP) is 7.28. The van der Waals surface area contributed by atoms with Gasteiger partial charge in [0.1, 0.15) is 17.1 Å². The Morgan fingerprint density at radius 3 is 1.98 bits per heavy atom. The summed E-state index contributed by atoms with van der Waals surface area (Å²) in [5.41, 5.74) is 6.45. The summed E-state index contributed by atoms with van der Waals surface area (Å²) in [6.07, 6.45) is 0.629. The van der Waals surface area contributed by atoms with Gasteiger partial charge in [-0.15, -0.1) is 12.4 Å². The van der Waals surface area contributed by atoms with Gasteiger partial charge >= 0.3 is 5.97 Å². The summed E-state index contributed by atoms with van der Waals surface area (Å²) in [6.45, 7) is 0.808. The molecule has 0 aromatic heterocycles. The number of hydrogen-bond acceptors (Lipinski definition) is 6. The molecule has 0 saturated carbocycles. The minimum atomic E-state index is -0.658. The molecule has 0 spiro atoms. The normalized spacial score (nSPS) is 10.6. The molecule has 0 aliphatic carbocycles. The van der Waals surface area contributed by atoms with Crippen molar-refractivity contribution in [2.75, 3.05) is 25.6 Å². The average molecular weight is 591 g/mol. The number of amides is 1. The van der Waals surface area contributed by atoms with Crippen molar-refractivity contribution in [3.05, 3.63) is 107 Å². The van der Waals surface area contributed by atoms with E-state index in [1.807, 2.05) is 48.5 Å². The molecule has 3 N–H and O–H groups in total. The number of rotatable bonds is 9. The van der Waals surface area contributed by atoms with Gasteiger partial charge < -0.3 is 25.3 Å². The van der Waals surface area contributed by atoms with Gasteiger partial charge in [0.25, 0.3) is 5.91 Å². The number of benzene rings is 5. The molecule has 7 nitrogen and oxygen atoms in total.